The van der Waals surface area contributed by atoms with E-state index in [-0.39, 0.29) is 17.3 Å². The van der Waals surface area contributed by atoms with E-state index in [4.69, 9.17) is 0 Å². The van der Waals surface area contributed by atoms with Crippen molar-refractivity contribution in [1.29, 1.82) is 5.26 Å². The van der Waals surface area contributed by atoms with Gasteiger partial charge in [-0.2, -0.15) is 5.26 Å². The maximum atomic E-state index is 12.6. The van der Waals surface area contributed by atoms with Crippen LogP contribution in [0.5, 0.6) is 0 Å². The highest BCUT2D eigenvalue weighted by atomic mass is 16.6. The van der Waals surface area contributed by atoms with Gasteiger partial charge in [-0.15, -0.1) is 0 Å². The molecule has 0 aliphatic heterocycles. The first kappa shape index (κ1) is 19.6. The maximum absolute atomic E-state index is 12.6. The number of hydrogen-bond acceptors (Lipinski definition) is 4. The summed E-state index contributed by atoms with van der Waals surface area (Å²) in [4.78, 5) is 22.9. The first-order valence-corrected chi connectivity index (χ1v) is 8.89. The SMILES string of the molecule is C[C@@H](NC(=O)/C(C#N)=C\c1cccn1-c1ccc([N+](=O)[O-])cc1)c1ccccc1. The highest BCUT2D eigenvalue weighted by Gasteiger charge is 2.15. The number of carbonyl (C=O) groups is 1. The molecule has 3 rings (SSSR count). The normalized spacial score (nSPS) is 12.1. The van der Waals surface area contributed by atoms with Gasteiger partial charge in [0, 0.05) is 29.7 Å². The summed E-state index contributed by atoms with van der Waals surface area (Å²) >= 11 is 0. The number of nitriles is 1. The van der Waals surface area contributed by atoms with Crippen LogP contribution < -0.4 is 5.32 Å². The number of benzene rings is 2. The van der Waals surface area contributed by atoms with Crippen LogP contribution in [-0.4, -0.2) is 15.4 Å². The molecule has 0 saturated heterocycles. The molecule has 0 aliphatic carbocycles. The van der Waals surface area contributed by atoms with Crippen molar-refractivity contribution in [2.45, 2.75) is 13.0 Å². The Bertz CT molecular complexity index is 1090. The molecule has 1 heterocycles. The second-order valence-electron chi connectivity index (χ2n) is 6.35. The zero-order chi connectivity index (χ0) is 20.8. The van der Waals surface area contributed by atoms with E-state index in [0.717, 1.165) is 5.56 Å². The van der Waals surface area contributed by atoms with E-state index >= 15 is 0 Å². The summed E-state index contributed by atoms with van der Waals surface area (Å²) in [6.45, 7) is 1.85. The molecule has 0 fully saturated rings. The molecular weight excluding hydrogens is 368 g/mol. The number of carbonyl (C=O) groups excluding carboxylic acids is 1. The number of nitrogens with zero attached hydrogens (tertiary/aromatic N) is 3. The fourth-order valence-electron chi connectivity index (χ4n) is 2.88. The minimum atomic E-state index is -0.472. The zero-order valence-corrected chi connectivity index (χ0v) is 15.6. The minimum absolute atomic E-state index is 0.00927. The number of rotatable bonds is 6. The van der Waals surface area contributed by atoms with Gasteiger partial charge in [0.15, 0.2) is 0 Å². The summed E-state index contributed by atoms with van der Waals surface area (Å²) in [6.07, 6.45) is 3.25. The molecule has 0 aliphatic rings. The zero-order valence-electron chi connectivity index (χ0n) is 15.6. The third kappa shape index (κ3) is 4.57. The molecule has 3 aromatic rings. The molecular formula is C22H18N4O3. The molecule has 0 unspecified atom stereocenters. The molecule has 1 aromatic heterocycles. The Morgan fingerprint density at radius 3 is 2.45 bits per heavy atom. The van der Waals surface area contributed by atoms with E-state index in [0.29, 0.717) is 11.4 Å². The van der Waals surface area contributed by atoms with Crippen LogP contribution in [0.3, 0.4) is 0 Å². The van der Waals surface area contributed by atoms with Gasteiger partial charge < -0.3 is 9.88 Å². The Hall–Kier alpha value is -4.18. The predicted molar refractivity (Wildman–Crippen MR) is 109 cm³/mol. The Balaban J connectivity index is 1.83. The molecule has 1 atom stereocenters. The van der Waals surface area contributed by atoms with Gasteiger partial charge in [0.25, 0.3) is 11.6 Å². The molecule has 1 N–H and O–H groups in total. The Kier molecular flexibility index (Phi) is 5.85. The molecule has 0 bridgehead atoms. The van der Waals surface area contributed by atoms with Crippen molar-refractivity contribution in [3.8, 4) is 11.8 Å². The molecule has 2 aromatic carbocycles. The molecule has 1 amide bonds. The largest absolute Gasteiger partial charge is 0.345 e. The predicted octanol–water partition coefficient (Wildman–Crippen LogP) is 4.17. The molecule has 144 valence electrons. The smallest absolute Gasteiger partial charge is 0.269 e. The molecule has 0 radical (unpaired) electrons. The second kappa shape index (κ2) is 8.67. The van der Waals surface area contributed by atoms with Crippen LogP contribution in [0, 0.1) is 21.4 Å². The van der Waals surface area contributed by atoms with E-state index in [9.17, 15) is 20.2 Å². The molecule has 0 saturated carbocycles. The standard InChI is InChI=1S/C22H18N4O3/c1-16(17-6-3-2-4-7-17)24-22(27)18(15-23)14-21-8-5-13-25(21)19-9-11-20(12-10-19)26(28)29/h2-14,16H,1H3,(H,24,27)/b18-14-/t16-/m1/s1. The van der Waals surface area contributed by atoms with Gasteiger partial charge >= 0.3 is 0 Å². The summed E-state index contributed by atoms with van der Waals surface area (Å²) in [5.74, 6) is -0.472. The lowest BCUT2D eigenvalue weighted by atomic mass is 10.1. The summed E-state index contributed by atoms with van der Waals surface area (Å²) in [7, 11) is 0. The van der Waals surface area contributed by atoms with Crippen LogP contribution in [-0.2, 0) is 4.79 Å². The monoisotopic (exact) mass is 386 g/mol. The van der Waals surface area contributed by atoms with Gasteiger partial charge in [0.2, 0.25) is 0 Å². The van der Waals surface area contributed by atoms with E-state index in [1.807, 2.05) is 43.3 Å². The van der Waals surface area contributed by atoms with E-state index in [2.05, 4.69) is 5.32 Å². The minimum Gasteiger partial charge on any atom is -0.345 e. The summed E-state index contributed by atoms with van der Waals surface area (Å²) in [6, 6.07) is 20.7. The van der Waals surface area contributed by atoms with Crippen LogP contribution >= 0.6 is 0 Å². The fourth-order valence-corrected chi connectivity index (χ4v) is 2.88. The lowest BCUT2D eigenvalue weighted by Crippen LogP contribution is -2.27. The van der Waals surface area contributed by atoms with Crippen molar-refractivity contribution in [2.75, 3.05) is 0 Å². The van der Waals surface area contributed by atoms with Crippen LogP contribution in [0.2, 0.25) is 0 Å². The van der Waals surface area contributed by atoms with E-state index < -0.39 is 10.8 Å². The van der Waals surface area contributed by atoms with Crippen molar-refractivity contribution >= 4 is 17.7 Å². The average molecular weight is 386 g/mol. The first-order chi connectivity index (χ1) is 14.0. The fraction of sp³-hybridized carbons (Fsp3) is 0.0909. The number of nitro groups is 1. The van der Waals surface area contributed by atoms with E-state index in [1.54, 1.807) is 35.0 Å². The molecule has 7 nitrogen and oxygen atoms in total. The molecule has 29 heavy (non-hydrogen) atoms. The van der Waals surface area contributed by atoms with Crippen LogP contribution in [0.25, 0.3) is 11.8 Å². The number of amides is 1. The van der Waals surface area contributed by atoms with Gasteiger partial charge in [-0.05, 0) is 42.8 Å². The number of hydrogen-bond donors (Lipinski definition) is 1. The maximum Gasteiger partial charge on any atom is 0.269 e. The quantitative estimate of drug-likeness (QED) is 0.297. The Morgan fingerprint density at radius 2 is 1.83 bits per heavy atom. The highest BCUT2D eigenvalue weighted by Crippen LogP contribution is 2.19. The Morgan fingerprint density at radius 1 is 1.14 bits per heavy atom. The van der Waals surface area contributed by atoms with Crippen molar-refractivity contribution in [3.05, 3.63) is 99.9 Å². The summed E-state index contributed by atoms with van der Waals surface area (Å²) in [5, 5.41) is 23.1. The summed E-state index contributed by atoms with van der Waals surface area (Å²) < 4.78 is 1.75. The van der Waals surface area contributed by atoms with Gasteiger partial charge in [-0.3, -0.25) is 14.9 Å². The van der Waals surface area contributed by atoms with Crippen molar-refractivity contribution in [1.82, 2.24) is 9.88 Å². The van der Waals surface area contributed by atoms with Gasteiger partial charge in [-0.25, -0.2) is 0 Å². The average Bonchev–Trinajstić information content (AvgIpc) is 3.20. The first-order valence-electron chi connectivity index (χ1n) is 8.89. The van der Waals surface area contributed by atoms with Crippen LogP contribution in [0.1, 0.15) is 24.2 Å². The van der Waals surface area contributed by atoms with E-state index in [1.165, 1.54) is 18.2 Å². The number of nitrogens with one attached hydrogen (secondary N) is 1. The lowest BCUT2D eigenvalue weighted by molar-refractivity contribution is -0.384. The van der Waals surface area contributed by atoms with Crippen LogP contribution in [0.4, 0.5) is 5.69 Å². The number of non-ortho nitro benzene ring substituents is 1. The number of aromatic nitrogens is 1. The second-order valence-corrected chi connectivity index (χ2v) is 6.35. The third-order valence-corrected chi connectivity index (χ3v) is 4.42. The third-order valence-electron chi connectivity index (χ3n) is 4.42. The van der Waals surface area contributed by atoms with Gasteiger partial charge in [0.1, 0.15) is 11.6 Å². The van der Waals surface area contributed by atoms with Crippen LogP contribution in [0.15, 0.2) is 78.5 Å². The topological polar surface area (TPSA) is 101 Å². The van der Waals surface area contributed by atoms with Gasteiger partial charge in [0.05, 0.1) is 11.0 Å². The number of nitro benzene ring substituents is 1. The van der Waals surface area contributed by atoms with Crippen molar-refractivity contribution in [3.63, 3.8) is 0 Å². The lowest BCUT2D eigenvalue weighted by Gasteiger charge is -2.14. The Labute approximate surface area is 167 Å². The van der Waals surface area contributed by atoms with Crippen molar-refractivity contribution in [2.24, 2.45) is 0 Å². The van der Waals surface area contributed by atoms with Crippen molar-refractivity contribution < 1.29 is 9.72 Å². The molecule has 0 spiro atoms. The molecule has 7 heteroatoms. The highest BCUT2D eigenvalue weighted by molar-refractivity contribution is 6.01. The van der Waals surface area contributed by atoms with Gasteiger partial charge in [-0.1, -0.05) is 30.3 Å². The summed E-state index contributed by atoms with van der Waals surface area (Å²) in [5.41, 5.74) is 2.19.